The lowest BCUT2D eigenvalue weighted by atomic mass is 9.65. The van der Waals surface area contributed by atoms with E-state index in [0.717, 1.165) is 47.8 Å². The van der Waals surface area contributed by atoms with E-state index in [2.05, 4.69) is 15.4 Å². The number of nitrogens with one attached hydrogen (secondary N) is 3. The maximum atomic E-state index is 14.9. The fraction of sp³-hybridized carbons (Fsp3) is 0.651. The normalized spacial score (nSPS) is 30.2. The van der Waals surface area contributed by atoms with Crippen LogP contribution < -0.4 is 24.8 Å². The Kier molecular flexibility index (Phi) is 10.2. The van der Waals surface area contributed by atoms with Crippen molar-refractivity contribution in [1.29, 1.82) is 0 Å². The van der Waals surface area contributed by atoms with E-state index in [4.69, 9.17) is 19.2 Å². The fourth-order valence-electron chi connectivity index (χ4n) is 9.12. The Hall–Kier alpha value is -4.40. The largest absolute Gasteiger partial charge is 0.497 e. The van der Waals surface area contributed by atoms with Gasteiger partial charge in [-0.25, -0.2) is 18.2 Å². The van der Waals surface area contributed by atoms with Crippen molar-refractivity contribution in [2.24, 2.45) is 5.92 Å². The Balaban J connectivity index is 1.17. The van der Waals surface area contributed by atoms with Gasteiger partial charge in [0.25, 0.3) is 5.91 Å². The summed E-state index contributed by atoms with van der Waals surface area (Å²) in [6, 6.07) is 3.75. The van der Waals surface area contributed by atoms with Gasteiger partial charge in [-0.1, -0.05) is 25.0 Å². The van der Waals surface area contributed by atoms with Crippen molar-refractivity contribution < 1.29 is 41.8 Å². The van der Waals surface area contributed by atoms with Crippen LogP contribution in [0.25, 0.3) is 10.9 Å². The Morgan fingerprint density at radius 1 is 1.03 bits per heavy atom. The number of rotatable bonds is 6. The zero-order valence-corrected chi connectivity index (χ0v) is 35.1. The molecule has 1 aromatic carbocycles. The van der Waals surface area contributed by atoms with Crippen LogP contribution in [-0.2, 0) is 35.6 Å². The van der Waals surface area contributed by atoms with E-state index in [-0.39, 0.29) is 25.3 Å². The summed E-state index contributed by atoms with van der Waals surface area (Å²) in [5.41, 5.74) is -0.568. The number of nitrogens with zero attached hydrogens (tertiary/aromatic N) is 2. The molecule has 0 unspecified atom stereocenters. The van der Waals surface area contributed by atoms with Crippen LogP contribution in [0.5, 0.6) is 11.5 Å². The summed E-state index contributed by atoms with van der Waals surface area (Å²) in [4.78, 5) is 63.9. The van der Waals surface area contributed by atoms with Gasteiger partial charge in [0.05, 0.1) is 29.6 Å². The summed E-state index contributed by atoms with van der Waals surface area (Å²) in [6.45, 7) is 6.93. The van der Waals surface area contributed by atoms with Gasteiger partial charge in [-0.3, -0.25) is 19.1 Å². The highest BCUT2D eigenvalue weighted by molar-refractivity contribution is 7.91. The minimum absolute atomic E-state index is 0.0609. The van der Waals surface area contributed by atoms with E-state index in [1.807, 2.05) is 30.4 Å². The summed E-state index contributed by atoms with van der Waals surface area (Å²) >= 11 is 0. The van der Waals surface area contributed by atoms with Gasteiger partial charge in [0.15, 0.2) is 0 Å². The molecule has 3 aliphatic carbocycles. The van der Waals surface area contributed by atoms with Crippen molar-refractivity contribution in [2.75, 3.05) is 13.7 Å². The molecule has 8 rings (SSSR count). The van der Waals surface area contributed by atoms with Crippen molar-refractivity contribution in [3.8, 4) is 11.5 Å². The predicted molar refractivity (Wildman–Crippen MR) is 216 cm³/mol. The maximum Gasteiger partial charge on any atom is 0.408 e. The van der Waals surface area contributed by atoms with Crippen molar-refractivity contribution in [3.05, 3.63) is 41.6 Å². The van der Waals surface area contributed by atoms with Gasteiger partial charge in [-0.2, -0.15) is 0 Å². The molecule has 6 aliphatic rings. The van der Waals surface area contributed by atoms with Crippen LogP contribution in [-0.4, -0.2) is 89.3 Å². The molecule has 4 heterocycles. The minimum Gasteiger partial charge on any atom is -0.497 e. The third-order valence-electron chi connectivity index (χ3n) is 13.2. The number of carbonyl (C=O) groups is 4. The Morgan fingerprint density at radius 2 is 1.81 bits per heavy atom. The van der Waals surface area contributed by atoms with Crippen LogP contribution in [0.3, 0.4) is 0 Å². The average Bonchev–Trinajstić information content (AvgIpc) is 4.10. The van der Waals surface area contributed by atoms with Crippen LogP contribution in [0.1, 0.15) is 128 Å². The molecule has 4 fully saturated rings. The van der Waals surface area contributed by atoms with E-state index in [1.54, 1.807) is 34.8 Å². The second-order valence-electron chi connectivity index (χ2n) is 18.7. The van der Waals surface area contributed by atoms with E-state index < -0.39 is 73.3 Å². The molecule has 1 aromatic heterocycles. The second kappa shape index (κ2) is 14.7. The van der Waals surface area contributed by atoms with Crippen LogP contribution >= 0.6 is 0 Å². The monoisotopic (exact) mass is 819 g/mol. The molecule has 15 heteroatoms. The molecule has 5 atom stereocenters. The zero-order chi connectivity index (χ0) is 41.3. The fourth-order valence-corrected chi connectivity index (χ4v) is 10.4. The number of pyridine rings is 1. The molecule has 0 radical (unpaired) electrons. The number of hydrogen-bond donors (Lipinski definition) is 3. The van der Waals surface area contributed by atoms with Crippen molar-refractivity contribution in [3.63, 3.8) is 0 Å². The summed E-state index contributed by atoms with van der Waals surface area (Å²) < 4.78 is 46.3. The lowest BCUT2D eigenvalue weighted by molar-refractivity contribution is -0.144. The van der Waals surface area contributed by atoms with Gasteiger partial charge in [0.2, 0.25) is 21.8 Å². The van der Waals surface area contributed by atoms with Gasteiger partial charge < -0.3 is 29.7 Å². The van der Waals surface area contributed by atoms with Crippen molar-refractivity contribution in [2.45, 2.75) is 157 Å². The van der Waals surface area contributed by atoms with Gasteiger partial charge >= 0.3 is 6.09 Å². The summed E-state index contributed by atoms with van der Waals surface area (Å²) in [5.74, 6) is -0.591. The molecule has 2 aromatic rings. The number of aryl methyl sites for hydroxylation is 1. The molecule has 58 heavy (non-hydrogen) atoms. The number of carbonyl (C=O) groups excluding carboxylic acids is 4. The first kappa shape index (κ1) is 40.4. The number of ether oxygens (including phenoxy) is 3. The first-order valence-electron chi connectivity index (χ1n) is 21.0. The van der Waals surface area contributed by atoms with E-state index in [0.29, 0.717) is 62.9 Å². The van der Waals surface area contributed by atoms with Crippen LogP contribution in [0.15, 0.2) is 30.4 Å². The third-order valence-corrected chi connectivity index (χ3v) is 15.3. The first-order valence-corrected chi connectivity index (χ1v) is 22.5. The molecular weight excluding hydrogens is 763 g/mol. The average molecular weight is 820 g/mol. The first-order chi connectivity index (χ1) is 27.5. The summed E-state index contributed by atoms with van der Waals surface area (Å²) in [5, 5.41) is 6.79. The molecule has 1 spiro atoms. The lowest BCUT2D eigenvalue weighted by Gasteiger charge is -2.48. The minimum atomic E-state index is -4.01. The molecular formula is C43H57N5O9S. The highest BCUT2D eigenvalue weighted by atomic mass is 32.2. The van der Waals surface area contributed by atoms with E-state index in [1.165, 1.54) is 4.90 Å². The van der Waals surface area contributed by atoms with Gasteiger partial charge in [-0.15, -0.1) is 0 Å². The Bertz CT molecular complexity index is 2160. The molecule has 3 saturated carbocycles. The van der Waals surface area contributed by atoms with E-state index >= 15 is 0 Å². The molecule has 314 valence electrons. The Morgan fingerprint density at radius 3 is 2.48 bits per heavy atom. The SMILES string of the molecule is COc1ccc2nc(C3CC3)c3c(c2c1)CC[C@]1(C[C@H]2C(=O)N[C@]4(C(=O)NS(=O)(=O)C5(C)CC5)CC[C@H]4/C=C\CCCCC[C@H](NC(=O)OC(C)(C)C)C(=O)N2C1)O3. The van der Waals surface area contributed by atoms with Crippen LogP contribution in [0.4, 0.5) is 4.79 Å². The second-order valence-corrected chi connectivity index (χ2v) is 20.9. The molecule has 0 bridgehead atoms. The highest BCUT2D eigenvalue weighted by Gasteiger charge is 2.60. The molecule has 14 nitrogen and oxygen atoms in total. The molecule has 1 saturated heterocycles. The lowest BCUT2D eigenvalue weighted by Crippen LogP contribution is -2.70. The van der Waals surface area contributed by atoms with Crippen LogP contribution in [0, 0.1) is 5.92 Å². The predicted octanol–water partition coefficient (Wildman–Crippen LogP) is 5.46. The molecule has 3 aliphatic heterocycles. The van der Waals surface area contributed by atoms with Crippen molar-refractivity contribution >= 4 is 44.7 Å². The van der Waals surface area contributed by atoms with Crippen molar-refractivity contribution in [1.82, 2.24) is 25.2 Å². The number of sulfonamides is 1. The van der Waals surface area contributed by atoms with Crippen LogP contribution in [0.2, 0.25) is 0 Å². The number of benzene rings is 1. The van der Waals surface area contributed by atoms with Gasteiger partial charge in [0.1, 0.15) is 40.3 Å². The van der Waals surface area contributed by atoms with E-state index in [9.17, 15) is 27.6 Å². The zero-order valence-electron chi connectivity index (χ0n) is 34.3. The van der Waals surface area contributed by atoms with Gasteiger partial charge in [-0.05, 0) is 117 Å². The number of alkyl carbamates (subject to hydrolysis) is 1. The Labute approximate surface area is 340 Å². The topological polar surface area (TPSA) is 182 Å². The number of methoxy groups -OCH3 is 1. The summed E-state index contributed by atoms with van der Waals surface area (Å²) in [6.07, 6.45) is 11.3. The quantitative estimate of drug-likeness (QED) is 0.317. The number of fused-ring (bicyclic) bond motifs is 5. The molecule has 3 N–H and O–H groups in total. The van der Waals surface area contributed by atoms with Gasteiger partial charge in [0, 0.05) is 29.2 Å². The highest BCUT2D eigenvalue weighted by Crippen LogP contribution is 2.52. The number of allylic oxidation sites excluding steroid dienone is 1. The number of hydrogen-bond acceptors (Lipinski definition) is 10. The number of amides is 4. The maximum absolute atomic E-state index is 14.9. The third kappa shape index (κ3) is 7.63. The smallest absolute Gasteiger partial charge is 0.408 e. The summed E-state index contributed by atoms with van der Waals surface area (Å²) in [7, 11) is -2.38. The standard InChI is InChI=1S/C43H57N5O9S/c1-40(2,3)57-39(52)45-32-12-10-8-6-7-9-11-27-17-20-43(27,38(51)47-58(53,54)41(4)21-22-41)46-36(49)33-24-42(25-48(33)37(32)50)19-18-29-30-23-28(55-5)15-16-31(30)44-34(26-13-14-26)35(29)56-42/h9,11,15-16,23,26-27,32-33H,6-8,10,12-14,17-22,24-25H2,1-5H3,(H,45,52)(H,46,49)(H,47,51)/b11-9-/t27-,32+,33+,42-,43-/m1/s1. The molecule has 4 amide bonds. The number of aromatic nitrogens is 1.